The second-order valence-electron chi connectivity index (χ2n) is 3.81. The van der Waals surface area contributed by atoms with Crippen molar-refractivity contribution in [1.82, 2.24) is 0 Å². The van der Waals surface area contributed by atoms with Crippen molar-refractivity contribution in [2.75, 3.05) is 19.8 Å². The van der Waals surface area contributed by atoms with Crippen LogP contribution < -0.4 is 4.74 Å². The zero-order valence-electron chi connectivity index (χ0n) is 9.87. The summed E-state index contributed by atoms with van der Waals surface area (Å²) in [7, 11) is 0. The van der Waals surface area contributed by atoms with Gasteiger partial charge in [0.15, 0.2) is 12.9 Å². The molecule has 1 aliphatic heterocycles. The van der Waals surface area contributed by atoms with Crippen molar-refractivity contribution in [3.8, 4) is 5.75 Å². The summed E-state index contributed by atoms with van der Waals surface area (Å²) in [6.45, 7) is 0.256. The maximum Gasteiger partial charge on any atom is 0.341 e. The summed E-state index contributed by atoms with van der Waals surface area (Å²) >= 11 is 0. The number of rotatable bonds is 5. The summed E-state index contributed by atoms with van der Waals surface area (Å²) in [6.07, 6.45) is -0.764. The quantitative estimate of drug-likeness (QED) is 0.817. The van der Waals surface area contributed by atoms with Crippen LogP contribution in [0.25, 0.3) is 0 Å². The van der Waals surface area contributed by atoms with Crippen LogP contribution in [0.4, 0.5) is 0 Å². The van der Waals surface area contributed by atoms with Crippen LogP contribution in [0.2, 0.25) is 0 Å². The van der Waals surface area contributed by atoms with Gasteiger partial charge >= 0.3 is 11.9 Å². The highest BCUT2D eigenvalue weighted by Gasteiger charge is 2.24. The molecule has 0 aliphatic carbocycles. The number of hydrogen-bond donors (Lipinski definition) is 2. The number of carboxylic acids is 2. The molecule has 7 heteroatoms. The molecule has 1 fully saturated rings. The lowest BCUT2D eigenvalue weighted by Gasteiger charge is -2.14. The molecule has 0 unspecified atom stereocenters. The van der Waals surface area contributed by atoms with Crippen LogP contribution in [-0.4, -0.2) is 42.0 Å². The Bertz CT molecular complexity index is 491. The van der Waals surface area contributed by atoms with E-state index in [1.165, 1.54) is 18.2 Å². The van der Waals surface area contributed by atoms with E-state index in [0.29, 0.717) is 18.8 Å². The predicted octanol–water partition coefficient (Wildman–Crippen LogP) is 0.894. The maximum absolute atomic E-state index is 11.1. The first kappa shape index (κ1) is 13.3. The molecule has 0 spiro atoms. The smallest absolute Gasteiger partial charge is 0.341 e. The van der Waals surface area contributed by atoms with Crippen LogP contribution in [0.15, 0.2) is 18.2 Å². The molecule has 7 nitrogen and oxygen atoms in total. The Morgan fingerprint density at radius 1 is 1.26 bits per heavy atom. The molecule has 1 aromatic rings. The van der Waals surface area contributed by atoms with E-state index in [2.05, 4.69) is 0 Å². The molecule has 0 aromatic heterocycles. The number of hydrogen-bond acceptors (Lipinski definition) is 5. The number of aromatic carboxylic acids is 1. The normalized spacial score (nSPS) is 15.4. The lowest BCUT2D eigenvalue weighted by molar-refractivity contribution is -0.139. The molecule has 0 amide bonds. The minimum Gasteiger partial charge on any atom is -0.482 e. The van der Waals surface area contributed by atoms with Crippen LogP contribution in [0.3, 0.4) is 0 Å². The van der Waals surface area contributed by atoms with Gasteiger partial charge < -0.3 is 24.4 Å². The van der Waals surface area contributed by atoms with Gasteiger partial charge in [-0.05, 0) is 18.2 Å². The zero-order valence-corrected chi connectivity index (χ0v) is 9.87. The fraction of sp³-hybridized carbons (Fsp3) is 0.333. The first-order chi connectivity index (χ1) is 9.08. The third-order valence-electron chi connectivity index (χ3n) is 2.49. The number of aliphatic carboxylic acids is 1. The van der Waals surface area contributed by atoms with Gasteiger partial charge in [-0.1, -0.05) is 0 Å². The summed E-state index contributed by atoms with van der Waals surface area (Å²) < 4.78 is 15.5. The lowest BCUT2D eigenvalue weighted by atomic mass is 10.1. The Hall–Kier alpha value is -2.12. The van der Waals surface area contributed by atoms with Crippen molar-refractivity contribution in [1.29, 1.82) is 0 Å². The van der Waals surface area contributed by atoms with Crippen molar-refractivity contribution >= 4 is 11.9 Å². The second kappa shape index (κ2) is 5.68. The maximum atomic E-state index is 11.1. The Kier molecular flexibility index (Phi) is 3.98. The van der Waals surface area contributed by atoms with E-state index in [-0.39, 0.29) is 11.3 Å². The average Bonchev–Trinajstić information content (AvgIpc) is 2.89. The van der Waals surface area contributed by atoms with E-state index in [4.69, 9.17) is 24.4 Å². The highest BCUT2D eigenvalue weighted by atomic mass is 16.7. The molecule has 1 saturated heterocycles. The van der Waals surface area contributed by atoms with Crippen LogP contribution in [0.1, 0.15) is 22.2 Å². The van der Waals surface area contributed by atoms with Gasteiger partial charge in [0, 0.05) is 5.56 Å². The molecule has 102 valence electrons. The van der Waals surface area contributed by atoms with E-state index in [9.17, 15) is 9.59 Å². The van der Waals surface area contributed by atoms with Crippen molar-refractivity contribution in [3.05, 3.63) is 29.3 Å². The SMILES string of the molecule is O=C(O)COc1ccc(C(=O)O)c(C2OCCO2)c1. The minimum atomic E-state index is -1.11. The largest absolute Gasteiger partial charge is 0.482 e. The molecule has 2 N–H and O–H groups in total. The van der Waals surface area contributed by atoms with Gasteiger partial charge in [0.05, 0.1) is 18.8 Å². The Morgan fingerprint density at radius 2 is 1.95 bits per heavy atom. The number of benzene rings is 1. The van der Waals surface area contributed by atoms with E-state index in [1.807, 2.05) is 0 Å². The number of ether oxygens (including phenoxy) is 3. The molecule has 2 rings (SSSR count). The van der Waals surface area contributed by atoms with Crippen LogP contribution >= 0.6 is 0 Å². The van der Waals surface area contributed by atoms with Crippen molar-refractivity contribution in [3.63, 3.8) is 0 Å². The monoisotopic (exact) mass is 268 g/mol. The molecule has 1 heterocycles. The van der Waals surface area contributed by atoms with E-state index < -0.39 is 24.8 Å². The topological polar surface area (TPSA) is 102 Å². The Balaban J connectivity index is 2.26. The fourth-order valence-corrected chi connectivity index (χ4v) is 1.70. The van der Waals surface area contributed by atoms with Crippen LogP contribution in [0.5, 0.6) is 5.75 Å². The fourth-order valence-electron chi connectivity index (χ4n) is 1.70. The summed E-state index contributed by atoms with van der Waals surface area (Å²) in [5.41, 5.74) is 0.350. The summed E-state index contributed by atoms with van der Waals surface area (Å²) in [4.78, 5) is 21.5. The average molecular weight is 268 g/mol. The first-order valence-electron chi connectivity index (χ1n) is 5.53. The Morgan fingerprint density at radius 3 is 2.53 bits per heavy atom. The molecular formula is C12H12O7. The van der Waals surface area contributed by atoms with Gasteiger partial charge in [0.25, 0.3) is 0 Å². The summed E-state index contributed by atoms with van der Waals surface area (Å²) in [5, 5.41) is 17.6. The molecular weight excluding hydrogens is 256 g/mol. The van der Waals surface area contributed by atoms with Gasteiger partial charge in [-0.25, -0.2) is 9.59 Å². The van der Waals surface area contributed by atoms with Gasteiger partial charge in [-0.3, -0.25) is 0 Å². The summed E-state index contributed by atoms with van der Waals surface area (Å²) in [6, 6.07) is 4.15. The van der Waals surface area contributed by atoms with Crippen molar-refractivity contribution in [2.45, 2.75) is 6.29 Å². The summed E-state index contributed by atoms with van der Waals surface area (Å²) in [5.74, 6) is -1.97. The Labute approximate surface area is 108 Å². The van der Waals surface area contributed by atoms with E-state index in [1.54, 1.807) is 0 Å². The number of carbonyl (C=O) groups is 2. The van der Waals surface area contributed by atoms with Crippen molar-refractivity contribution in [2.24, 2.45) is 0 Å². The molecule has 0 bridgehead atoms. The van der Waals surface area contributed by atoms with Crippen LogP contribution in [-0.2, 0) is 14.3 Å². The molecule has 19 heavy (non-hydrogen) atoms. The third kappa shape index (κ3) is 3.21. The second-order valence-corrected chi connectivity index (χ2v) is 3.81. The zero-order chi connectivity index (χ0) is 13.8. The van der Waals surface area contributed by atoms with Crippen molar-refractivity contribution < 1.29 is 34.0 Å². The van der Waals surface area contributed by atoms with Gasteiger partial charge in [0.2, 0.25) is 0 Å². The molecule has 1 aromatic carbocycles. The molecule has 0 saturated carbocycles. The first-order valence-corrected chi connectivity index (χ1v) is 5.53. The standard InChI is InChI=1S/C12H12O7/c13-10(14)6-19-7-1-2-8(11(15)16)9(5-7)12-17-3-4-18-12/h1-2,5,12H,3-4,6H2,(H,13,14)(H,15,16). The van der Waals surface area contributed by atoms with Gasteiger partial charge in [-0.2, -0.15) is 0 Å². The van der Waals surface area contributed by atoms with E-state index >= 15 is 0 Å². The molecule has 0 radical (unpaired) electrons. The lowest BCUT2D eigenvalue weighted by Crippen LogP contribution is -2.12. The van der Waals surface area contributed by atoms with E-state index in [0.717, 1.165) is 0 Å². The molecule has 1 aliphatic rings. The number of carboxylic acid groups (broad SMARTS) is 2. The predicted molar refractivity (Wildman–Crippen MR) is 61.2 cm³/mol. The highest BCUT2D eigenvalue weighted by molar-refractivity contribution is 5.89. The minimum absolute atomic E-state index is 0.0366. The molecule has 0 atom stereocenters. The third-order valence-corrected chi connectivity index (χ3v) is 2.49. The van der Waals surface area contributed by atoms with Crippen LogP contribution in [0, 0.1) is 0 Å². The van der Waals surface area contributed by atoms with Gasteiger partial charge in [-0.15, -0.1) is 0 Å². The highest BCUT2D eigenvalue weighted by Crippen LogP contribution is 2.29. The van der Waals surface area contributed by atoms with Gasteiger partial charge in [0.1, 0.15) is 5.75 Å².